The lowest BCUT2D eigenvalue weighted by Gasteiger charge is -2.09. The molecule has 0 aliphatic carbocycles. The Hall–Kier alpha value is -2.09. The number of nitrogens with zero attached hydrogens (tertiary/aromatic N) is 2. The summed E-state index contributed by atoms with van der Waals surface area (Å²) in [6.45, 7) is 1.93. The number of hydrogen-bond donors (Lipinski definition) is 4. The van der Waals surface area contributed by atoms with E-state index < -0.39 is 18.1 Å². The predicted molar refractivity (Wildman–Crippen MR) is 66.5 cm³/mol. The number of aromatic nitrogens is 2. The number of hydrogen-bond acceptors (Lipinski definition) is 4. The number of carboxylic acids is 1. The van der Waals surface area contributed by atoms with Gasteiger partial charge in [-0.15, -0.1) is 0 Å². The van der Waals surface area contributed by atoms with E-state index in [1.54, 1.807) is 11.7 Å². The summed E-state index contributed by atoms with van der Waals surface area (Å²) in [5, 5.41) is 26.5. The molecule has 0 aliphatic rings. The summed E-state index contributed by atoms with van der Waals surface area (Å²) in [5.74, 6) is -1.37. The van der Waals surface area contributed by atoms with Crippen LogP contribution in [0, 0.1) is 0 Å². The molecule has 0 spiro atoms. The normalized spacial score (nSPS) is 11.9. The summed E-state index contributed by atoms with van der Waals surface area (Å²) in [6.07, 6.45) is 0.970. The van der Waals surface area contributed by atoms with Crippen molar-refractivity contribution in [3.63, 3.8) is 0 Å². The summed E-state index contributed by atoms with van der Waals surface area (Å²) in [5.41, 5.74) is 1.80. The lowest BCUT2D eigenvalue weighted by atomic mass is 10.2. The van der Waals surface area contributed by atoms with Crippen LogP contribution in [0.5, 0.6) is 0 Å². The zero-order valence-electron chi connectivity index (χ0n) is 10.9. The van der Waals surface area contributed by atoms with Crippen LogP contribution in [0.1, 0.15) is 18.2 Å². The van der Waals surface area contributed by atoms with E-state index in [0.29, 0.717) is 6.54 Å². The van der Waals surface area contributed by atoms with Gasteiger partial charge in [0.1, 0.15) is 0 Å². The number of carbonyl (C=O) groups is 2. The fourth-order valence-electron chi connectivity index (χ4n) is 1.54. The average Bonchev–Trinajstić information content (AvgIpc) is 2.73. The molecule has 0 bridgehead atoms. The minimum atomic E-state index is -1.60. The molecule has 1 heterocycles. The molecule has 0 aliphatic heterocycles. The molecule has 1 unspecified atom stereocenters. The molecular formula is C11H18N4O4. The van der Waals surface area contributed by atoms with Crippen molar-refractivity contribution >= 4 is 12.0 Å². The molecule has 0 fully saturated rings. The van der Waals surface area contributed by atoms with Crippen molar-refractivity contribution in [2.24, 2.45) is 7.05 Å². The van der Waals surface area contributed by atoms with Gasteiger partial charge >= 0.3 is 12.0 Å². The third kappa shape index (κ3) is 4.59. The molecule has 0 radical (unpaired) electrons. The lowest BCUT2D eigenvalue weighted by Crippen LogP contribution is -2.41. The number of rotatable bonds is 6. The highest BCUT2D eigenvalue weighted by Crippen LogP contribution is 2.06. The van der Waals surface area contributed by atoms with E-state index in [4.69, 9.17) is 10.2 Å². The van der Waals surface area contributed by atoms with E-state index in [1.807, 2.05) is 13.1 Å². The summed E-state index contributed by atoms with van der Waals surface area (Å²) < 4.78 is 1.67. The Morgan fingerprint density at radius 1 is 1.47 bits per heavy atom. The van der Waals surface area contributed by atoms with E-state index >= 15 is 0 Å². The Labute approximate surface area is 110 Å². The van der Waals surface area contributed by atoms with Crippen LogP contribution in [0.2, 0.25) is 0 Å². The Kier molecular flexibility index (Phi) is 5.31. The van der Waals surface area contributed by atoms with Crippen molar-refractivity contribution in [3.8, 4) is 0 Å². The van der Waals surface area contributed by atoms with E-state index in [-0.39, 0.29) is 6.54 Å². The molecule has 1 rings (SSSR count). The number of carboxylic acid groups (broad SMARTS) is 1. The first-order chi connectivity index (χ1) is 8.93. The van der Waals surface area contributed by atoms with Crippen molar-refractivity contribution in [1.82, 2.24) is 20.4 Å². The van der Waals surface area contributed by atoms with Gasteiger partial charge in [-0.2, -0.15) is 5.10 Å². The molecule has 1 aromatic heterocycles. The topological polar surface area (TPSA) is 116 Å². The van der Waals surface area contributed by atoms with Crippen LogP contribution in [0.15, 0.2) is 6.20 Å². The van der Waals surface area contributed by atoms with Crippen LogP contribution >= 0.6 is 0 Å². The number of urea groups is 1. The highest BCUT2D eigenvalue weighted by Gasteiger charge is 2.14. The van der Waals surface area contributed by atoms with Crippen molar-refractivity contribution in [1.29, 1.82) is 0 Å². The first kappa shape index (κ1) is 15.0. The molecule has 8 nitrogen and oxygen atoms in total. The van der Waals surface area contributed by atoms with Crippen LogP contribution in [0.25, 0.3) is 0 Å². The van der Waals surface area contributed by atoms with Gasteiger partial charge in [0.2, 0.25) is 0 Å². The maximum Gasteiger partial charge on any atom is 0.334 e. The van der Waals surface area contributed by atoms with Gasteiger partial charge in [-0.3, -0.25) is 4.68 Å². The molecule has 0 saturated heterocycles. The minimum Gasteiger partial charge on any atom is -0.479 e. The Morgan fingerprint density at radius 2 is 2.16 bits per heavy atom. The zero-order chi connectivity index (χ0) is 14.4. The van der Waals surface area contributed by atoms with E-state index in [9.17, 15) is 9.59 Å². The van der Waals surface area contributed by atoms with Crippen molar-refractivity contribution in [2.75, 3.05) is 6.54 Å². The number of carbonyl (C=O) groups excluding carboxylic acids is 1. The maximum atomic E-state index is 11.4. The third-order valence-electron chi connectivity index (χ3n) is 2.51. The second-order valence-corrected chi connectivity index (χ2v) is 4.05. The highest BCUT2D eigenvalue weighted by atomic mass is 16.4. The second-order valence-electron chi connectivity index (χ2n) is 4.05. The molecule has 106 valence electrons. The molecule has 0 saturated carbocycles. The molecule has 1 atom stereocenters. The Morgan fingerprint density at radius 3 is 2.74 bits per heavy atom. The zero-order valence-corrected chi connectivity index (χ0v) is 10.9. The van der Waals surface area contributed by atoms with Gasteiger partial charge < -0.3 is 20.8 Å². The van der Waals surface area contributed by atoms with Gasteiger partial charge in [-0.1, -0.05) is 6.92 Å². The number of aryl methyl sites for hydroxylation is 2. The maximum absolute atomic E-state index is 11.4. The largest absolute Gasteiger partial charge is 0.479 e. The van der Waals surface area contributed by atoms with Crippen molar-refractivity contribution in [2.45, 2.75) is 26.0 Å². The fourth-order valence-corrected chi connectivity index (χ4v) is 1.54. The number of aliphatic hydroxyl groups is 1. The van der Waals surface area contributed by atoms with E-state index in [2.05, 4.69) is 15.7 Å². The number of aliphatic carboxylic acids is 1. The first-order valence-electron chi connectivity index (χ1n) is 5.88. The monoisotopic (exact) mass is 270 g/mol. The third-order valence-corrected chi connectivity index (χ3v) is 2.51. The standard InChI is InChI=1S/C11H18N4O4/c1-3-8-7(6-15(2)14-8)4-12-11(19)13-5-9(16)10(17)18/h6,9,16H,3-5H2,1-2H3,(H,17,18)(H2,12,13,19). The first-order valence-corrected chi connectivity index (χ1v) is 5.88. The minimum absolute atomic E-state index is 0.298. The van der Waals surface area contributed by atoms with Gasteiger partial charge in [0, 0.05) is 25.4 Å². The number of nitrogens with one attached hydrogen (secondary N) is 2. The summed E-state index contributed by atoms with van der Waals surface area (Å²) >= 11 is 0. The van der Waals surface area contributed by atoms with Crippen LogP contribution in [0.3, 0.4) is 0 Å². The van der Waals surface area contributed by atoms with Crippen LogP contribution in [-0.2, 0) is 24.8 Å². The Bertz CT molecular complexity index is 458. The Balaban J connectivity index is 2.39. The van der Waals surface area contributed by atoms with Gasteiger partial charge in [-0.25, -0.2) is 9.59 Å². The molecule has 19 heavy (non-hydrogen) atoms. The highest BCUT2D eigenvalue weighted by molar-refractivity contribution is 5.76. The molecule has 1 aromatic rings. The molecule has 2 amide bonds. The van der Waals surface area contributed by atoms with Crippen LogP contribution in [-0.4, -0.2) is 44.6 Å². The van der Waals surface area contributed by atoms with E-state index in [0.717, 1.165) is 17.7 Å². The fraction of sp³-hybridized carbons (Fsp3) is 0.545. The molecular weight excluding hydrogens is 252 g/mol. The predicted octanol–water partition coefficient (Wildman–Crippen LogP) is -0.773. The molecule has 4 N–H and O–H groups in total. The van der Waals surface area contributed by atoms with Gasteiger partial charge in [0.15, 0.2) is 6.10 Å². The SMILES string of the molecule is CCc1nn(C)cc1CNC(=O)NCC(O)C(=O)O. The number of aliphatic hydroxyl groups excluding tert-OH is 1. The molecule has 0 aromatic carbocycles. The van der Waals surface area contributed by atoms with Gasteiger partial charge in [0.05, 0.1) is 12.2 Å². The van der Waals surface area contributed by atoms with Crippen molar-refractivity contribution < 1.29 is 19.8 Å². The lowest BCUT2D eigenvalue weighted by molar-refractivity contribution is -0.146. The smallest absolute Gasteiger partial charge is 0.334 e. The summed E-state index contributed by atoms with van der Waals surface area (Å²) in [4.78, 5) is 21.7. The van der Waals surface area contributed by atoms with Crippen molar-refractivity contribution in [3.05, 3.63) is 17.5 Å². The van der Waals surface area contributed by atoms with Crippen LogP contribution < -0.4 is 10.6 Å². The number of amides is 2. The van der Waals surface area contributed by atoms with Crippen LogP contribution in [0.4, 0.5) is 4.79 Å². The molecule has 8 heteroatoms. The summed E-state index contributed by atoms with van der Waals surface area (Å²) in [6, 6.07) is -0.536. The second kappa shape index (κ2) is 6.74. The quantitative estimate of drug-likeness (QED) is 0.541. The van der Waals surface area contributed by atoms with Gasteiger partial charge in [-0.05, 0) is 6.42 Å². The summed E-state index contributed by atoms with van der Waals surface area (Å²) in [7, 11) is 1.80. The van der Waals surface area contributed by atoms with E-state index in [1.165, 1.54) is 0 Å². The van der Waals surface area contributed by atoms with Gasteiger partial charge in [0.25, 0.3) is 0 Å². The average molecular weight is 270 g/mol.